The molecule has 0 amide bonds. The Hall–Kier alpha value is -4.26. The van der Waals surface area contributed by atoms with Crippen molar-refractivity contribution in [2.75, 3.05) is 42.1 Å². The minimum absolute atomic E-state index is 0.0871. The fourth-order valence-corrected chi connectivity index (χ4v) is 6.78. The Labute approximate surface area is 266 Å². The summed E-state index contributed by atoms with van der Waals surface area (Å²) in [5, 5.41) is 14.1. The van der Waals surface area contributed by atoms with Crippen LogP contribution in [0.15, 0.2) is 48.5 Å². The normalized spacial score (nSPS) is 20.5. The summed E-state index contributed by atoms with van der Waals surface area (Å²) in [4.78, 5) is 15.4. The maximum absolute atomic E-state index is 13.2. The first-order chi connectivity index (χ1) is 21.9. The molecule has 2 heterocycles. The second-order valence-corrected chi connectivity index (χ2v) is 11.5. The molecule has 3 aromatic rings. The summed E-state index contributed by atoms with van der Waals surface area (Å²) in [6.45, 7) is 2.21. The number of likely N-dealkylation sites (N-methyl/N-ethyl adjacent to an activating group) is 1. The number of benzene rings is 3. The van der Waals surface area contributed by atoms with E-state index < -0.39 is 12.1 Å². The first kappa shape index (κ1) is 32.1. The van der Waals surface area contributed by atoms with Crippen LogP contribution in [0, 0.1) is 11.3 Å². The van der Waals surface area contributed by atoms with Crippen LogP contribution in [0.4, 0.5) is 0 Å². The molecule has 4 unspecified atom stereocenters. The number of hydrogen-bond acceptors (Lipinski definition) is 9. The van der Waals surface area contributed by atoms with E-state index in [1.807, 2.05) is 31.3 Å². The average molecular weight is 614 g/mol. The van der Waals surface area contributed by atoms with Crippen molar-refractivity contribution in [1.29, 1.82) is 5.26 Å². The highest BCUT2D eigenvalue weighted by atomic mass is 16.5. The van der Waals surface area contributed by atoms with E-state index in [0.29, 0.717) is 42.3 Å². The smallest absolute Gasteiger partial charge is 0.306 e. The standard InChI is InChI=1S/C36H43N3O6/c1-7-22-8-10-23(11-9-22)12-13-36(40)45-21-31-27-19-35(44-6)33(42-4)17-25(27)15-29-26-18-34(43-5)32(41-3)16-24(26)14-28(38-2)30(20-37)39(29)31/h8-11,16-19,28-31,38H,7,12-15,21H2,1-6H3. The quantitative estimate of drug-likeness (QED) is 0.295. The SMILES string of the molecule is CCc1ccc(CCC(=O)OCC2c3cc(OC)c(OC)cc3CC3c4cc(OC)c(OC)cc4CC(NC)C(C#N)N23)cc1. The number of nitrogens with zero attached hydrogens (tertiary/aromatic N) is 2. The van der Waals surface area contributed by atoms with E-state index >= 15 is 0 Å². The predicted molar refractivity (Wildman–Crippen MR) is 171 cm³/mol. The van der Waals surface area contributed by atoms with E-state index in [1.54, 1.807) is 28.4 Å². The van der Waals surface area contributed by atoms with Gasteiger partial charge in [0.15, 0.2) is 23.0 Å². The molecule has 2 aliphatic rings. The van der Waals surface area contributed by atoms with Crippen LogP contribution in [0.5, 0.6) is 23.0 Å². The first-order valence-electron chi connectivity index (χ1n) is 15.5. The molecule has 4 atom stereocenters. The van der Waals surface area contributed by atoms with E-state index in [0.717, 1.165) is 34.2 Å². The number of carbonyl (C=O) groups excluding carboxylic acids is 1. The van der Waals surface area contributed by atoms with Gasteiger partial charge in [0.25, 0.3) is 0 Å². The molecule has 0 radical (unpaired) electrons. The zero-order valence-electron chi connectivity index (χ0n) is 27.0. The summed E-state index contributed by atoms with van der Waals surface area (Å²) in [7, 11) is 8.36. The summed E-state index contributed by atoms with van der Waals surface area (Å²) in [5.41, 5.74) is 6.49. The van der Waals surface area contributed by atoms with Crippen molar-refractivity contribution >= 4 is 5.97 Å². The molecule has 0 aliphatic carbocycles. The molecule has 5 rings (SSSR count). The van der Waals surface area contributed by atoms with Gasteiger partial charge in [0.2, 0.25) is 0 Å². The van der Waals surface area contributed by atoms with Gasteiger partial charge in [-0.3, -0.25) is 9.69 Å². The predicted octanol–water partition coefficient (Wildman–Crippen LogP) is 5.14. The molecule has 1 N–H and O–H groups in total. The Kier molecular flexibility index (Phi) is 10.2. The lowest BCUT2D eigenvalue weighted by Crippen LogP contribution is -2.53. The Morgan fingerprint density at radius 2 is 1.42 bits per heavy atom. The summed E-state index contributed by atoms with van der Waals surface area (Å²) in [6.07, 6.45) is 3.07. The molecule has 2 aliphatic heterocycles. The van der Waals surface area contributed by atoms with E-state index in [9.17, 15) is 10.1 Å². The lowest BCUT2D eigenvalue weighted by molar-refractivity contribution is -0.146. The number of hydrogen-bond donors (Lipinski definition) is 1. The molecule has 45 heavy (non-hydrogen) atoms. The van der Waals surface area contributed by atoms with E-state index in [1.165, 1.54) is 5.56 Å². The third-order valence-corrected chi connectivity index (χ3v) is 9.24. The van der Waals surface area contributed by atoms with Gasteiger partial charge in [-0.05, 0) is 90.4 Å². The van der Waals surface area contributed by atoms with Crippen LogP contribution in [-0.2, 0) is 35.2 Å². The highest BCUT2D eigenvalue weighted by Crippen LogP contribution is 2.49. The second-order valence-electron chi connectivity index (χ2n) is 11.5. The van der Waals surface area contributed by atoms with Crippen LogP contribution in [0.25, 0.3) is 0 Å². The number of esters is 1. The number of fused-ring (bicyclic) bond motifs is 4. The van der Waals surface area contributed by atoms with Crippen molar-refractivity contribution in [2.24, 2.45) is 0 Å². The van der Waals surface area contributed by atoms with Crippen molar-refractivity contribution in [3.63, 3.8) is 0 Å². The molecule has 0 saturated carbocycles. The Morgan fingerprint density at radius 1 is 0.867 bits per heavy atom. The van der Waals surface area contributed by atoms with Crippen LogP contribution in [0.1, 0.15) is 58.8 Å². The molecule has 0 bridgehead atoms. The fraction of sp³-hybridized carbons (Fsp3) is 0.444. The molecule has 9 heteroatoms. The van der Waals surface area contributed by atoms with Gasteiger partial charge in [-0.2, -0.15) is 5.26 Å². The van der Waals surface area contributed by atoms with Gasteiger partial charge in [0, 0.05) is 18.5 Å². The number of aryl methyl sites for hydroxylation is 2. The number of methoxy groups -OCH3 is 4. The van der Waals surface area contributed by atoms with Gasteiger partial charge in [-0.25, -0.2) is 0 Å². The van der Waals surface area contributed by atoms with Gasteiger partial charge in [-0.1, -0.05) is 31.2 Å². The van der Waals surface area contributed by atoms with E-state index in [-0.39, 0.29) is 31.1 Å². The van der Waals surface area contributed by atoms with Crippen LogP contribution >= 0.6 is 0 Å². The topological polar surface area (TPSA) is 102 Å². The molecular weight excluding hydrogens is 570 g/mol. The minimum Gasteiger partial charge on any atom is -0.493 e. The van der Waals surface area contributed by atoms with Crippen LogP contribution in [0.2, 0.25) is 0 Å². The highest BCUT2D eigenvalue weighted by Gasteiger charge is 2.46. The number of nitriles is 1. The number of rotatable bonds is 11. The van der Waals surface area contributed by atoms with Crippen molar-refractivity contribution in [1.82, 2.24) is 10.2 Å². The molecule has 0 saturated heterocycles. The maximum atomic E-state index is 13.2. The average Bonchev–Trinajstić information content (AvgIpc) is 3.21. The molecular formula is C36H43N3O6. The van der Waals surface area contributed by atoms with Crippen molar-refractivity contribution < 1.29 is 28.5 Å². The van der Waals surface area contributed by atoms with E-state index in [4.69, 9.17) is 23.7 Å². The number of ether oxygens (including phenoxy) is 5. The molecule has 0 spiro atoms. The zero-order chi connectivity index (χ0) is 32.1. The monoisotopic (exact) mass is 613 g/mol. The minimum atomic E-state index is -0.522. The van der Waals surface area contributed by atoms with Gasteiger partial charge in [-0.15, -0.1) is 0 Å². The van der Waals surface area contributed by atoms with Crippen molar-refractivity contribution in [3.05, 3.63) is 81.9 Å². The Balaban J connectivity index is 1.54. The van der Waals surface area contributed by atoms with Gasteiger partial charge >= 0.3 is 5.97 Å². The first-order valence-corrected chi connectivity index (χ1v) is 15.5. The van der Waals surface area contributed by atoms with E-state index in [2.05, 4.69) is 47.5 Å². The molecule has 238 valence electrons. The lowest BCUT2D eigenvalue weighted by atomic mass is 9.83. The molecule has 3 aromatic carbocycles. The van der Waals surface area contributed by atoms with Crippen LogP contribution in [0.3, 0.4) is 0 Å². The fourth-order valence-electron chi connectivity index (χ4n) is 6.78. The summed E-state index contributed by atoms with van der Waals surface area (Å²) >= 11 is 0. The van der Waals surface area contributed by atoms with Gasteiger partial charge < -0.3 is 29.0 Å². The second kappa shape index (κ2) is 14.2. The third kappa shape index (κ3) is 6.44. The zero-order valence-corrected chi connectivity index (χ0v) is 27.0. The summed E-state index contributed by atoms with van der Waals surface area (Å²) in [6, 6.07) is 17.6. The lowest BCUT2D eigenvalue weighted by Gasteiger charge is -2.46. The maximum Gasteiger partial charge on any atom is 0.306 e. The third-order valence-electron chi connectivity index (χ3n) is 9.24. The van der Waals surface area contributed by atoms with Gasteiger partial charge in [0.1, 0.15) is 12.6 Å². The Morgan fingerprint density at radius 3 is 1.98 bits per heavy atom. The largest absolute Gasteiger partial charge is 0.493 e. The highest BCUT2D eigenvalue weighted by molar-refractivity contribution is 5.70. The van der Waals surface area contributed by atoms with Crippen LogP contribution in [-0.4, -0.2) is 65.0 Å². The van der Waals surface area contributed by atoms with Crippen molar-refractivity contribution in [2.45, 2.75) is 63.2 Å². The number of nitrogens with one attached hydrogen (secondary N) is 1. The Bertz CT molecular complexity index is 1550. The molecule has 9 nitrogen and oxygen atoms in total. The molecule has 0 fully saturated rings. The van der Waals surface area contributed by atoms with Crippen molar-refractivity contribution in [3.8, 4) is 29.1 Å². The van der Waals surface area contributed by atoms with Gasteiger partial charge in [0.05, 0.1) is 40.6 Å². The van der Waals surface area contributed by atoms with Crippen LogP contribution < -0.4 is 24.3 Å². The molecule has 0 aromatic heterocycles. The summed E-state index contributed by atoms with van der Waals surface area (Å²) in [5.74, 6) is 2.20. The summed E-state index contributed by atoms with van der Waals surface area (Å²) < 4.78 is 28.8. The number of carbonyl (C=O) groups is 1.